The number of aryl methyl sites for hydroxylation is 2. The molecule has 4 nitrogen and oxygen atoms in total. The van der Waals surface area contributed by atoms with Crippen LogP contribution in [0.5, 0.6) is 0 Å². The molecule has 0 aromatic heterocycles. The number of benzene rings is 3. The summed E-state index contributed by atoms with van der Waals surface area (Å²) in [5.74, 6) is -1.37. The Kier molecular flexibility index (Phi) is 5.83. The number of likely N-dealkylation sites (tertiary alicyclic amines) is 1. The van der Waals surface area contributed by atoms with Gasteiger partial charge in [0.2, 0.25) is 0 Å². The highest BCUT2D eigenvalue weighted by Gasteiger charge is 2.66. The molecule has 0 bridgehead atoms. The molecule has 34 heavy (non-hydrogen) atoms. The fourth-order valence-electron chi connectivity index (χ4n) is 6.53. The summed E-state index contributed by atoms with van der Waals surface area (Å²) >= 11 is 0. The van der Waals surface area contributed by atoms with E-state index in [0.29, 0.717) is 32.5 Å². The number of aliphatic carboxylic acids is 1. The molecule has 3 aromatic carbocycles. The van der Waals surface area contributed by atoms with Gasteiger partial charge in [0.15, 0.2) is 0 Å². The molecule has 1 saturated heterocycles. The van der Waals surface area contributed by atoms with Crippen molar-refractivity contribution in [3.05, 3.63) is 107 Å². The Morgan fingerprint density at radius 2 is 1.65 bits per heavy atom. The highest BCUT2D eigenvalue weighted by Crippen LogP contribution is 2.61. The molecule has 0 radical (unpaired) electrons. The molecule has 3 aromatic rings. The Morgan fingerprint density at radius 3 is 2.29 bits per heavy atom. The summed E-state index contributed by atoms with van der Waals surface area (Å²) in [6.07, 6.45) is 1.18. The Labute approximate surface area is 201 Å². The maximum atomic E-state index is 13.2. The highest BCUT2D eigenvalue weighted by molar-refractivity contribution is 5.78. The molecule has 1 aliphatic heterocycles. The number of fused-ring (bicyclic) bond motifs is 1. The maximum Gasteiger partial charge on any atom is 0.312 e. The summed E-state index contributed by atoms with van der Waals surface area (Å²) in [5, 5.41) is 23.2. The van der Waals surface area contributed by atoms with Gasteiger partial charge in [-0.05, 0) is 54.5 Å². The van der Waals surface area contributed by atoms with Crippen molar-refractivity contribution >= 4 is 5.97 Å². The van der Waals surface area contributed by atoms with Crippen LogP contribution in [0.25, 0.3) is 0 Å². The number of aliphatic hydroxyl groups is 1. The lowest BCUT2D eigenvalue weighted by Crippen LogP contribution is -2.56. The zero-order valence-corrected chi connectivity index (χ0v) is 19.9. The number of hydrogen-bond acceptors (Lipinski definition) is 3. The standard InChI is InChI=1S/C30H33NO3/c1-21-13-14-25(17-22(21)2)30(34)16-15-26(24-11-7-4-8-12-24)29(28(32)33)20-31(19-27(29)30)18-23-9-5-3-6-10-23/h3-14,17,26-27,34H,15-16,18-20H2,1-2H3,(H,32,33). The van der Waals surface area contributed by atoms with Crippen LogP contribution >= 0.6 is 0 Å². The van der Waals surface area contributed by atoms with Gasteiger partial charge in [0, 0.05) is 31.5 Å². The quantitative estimate of drug-likeness (QED) is 0.550. The zero-order chi connectivity index (χ0) is 23.9. The van der Waals surface area contributed by atoms with Crippen molar-refractivity contribution in [3.8, 4) is 0 Å². The van der Waals surface area contributed by atoms with E-state index in [-0.39, 0.29) is 5.92 Å². The smallest absolute Gasteiger partial charge is 0.312 e. The van der Waals surface area contributed by atoms with Crippen molar-refractivity contribution in [1.82, 2.24) is 4.90 Å². The third kappa shape index (κ3) is 3.66. The van der Waals surface area contributed by atoms with Gasteiger partial charge in [-0.3, -0.25) is 9.69 Å². The number of hydrogen-bond donors (Lipinski definition) is 2. The Hall–Kier alpha value is -2.95. The van der Waals surface area contributed by atoms with Gasteiger partial charge < -0.3 is 10.2 Å². The lowest BCUT2D eigenvalue weighted by molar-refractivity contribution is -0.169. The van der Waals surface area contributed by atoms with Crippen molar-refractivity contribution in [3.63, 3.8) is 0 Å². The first-order valence-corrected chi connectivity index (χ1v) is 12.2. The first-order chi connectivity index (χ1) is 16.3. The van der Waals surface area contributed by atoms with E-state index >= 15 is 0 Å². The van der Waals surface area contributed by atoms with Crippen LogP contribution in [-0.2, 0) is 16.9 Å². The number of carbonyl (C=O) groups is 1. The normalized spacial score (nSPS) is 29.0. The average molecular weight is 456 g/mol. The second kappa shape index (κ2) is 8.68. The molecule has 2 fully saturated rings. The Morgan fingerprint density at radius 1 is 0.971 bits per heavy atom. The summed E-state index contributed by atoms with van der Waals surface area (Å²) in [6, 6.07) is 26.3. The third-order valence-electron chi connectivity index (χ3n) is 8.42. The minimum Gasteiger partial charge on any atom is -0.481 e. The lowest BCUT2D eigenvalue weighted by Gasteiger charge is -2.51. The third-order valence-corrected chi connectivity index (χ3v) is 8.42. The van der Waals surface area contributed by atoms with Crippen LogP contribution in [0.2, 0.25) is 0 Å². The molecule has 2 aliphatic rings. The largest absolute Gasteiger partial charge is 0.481 e. The fraction of sp³-hybridized carbons (Fsp3) is 0.367. The van der Waals surface area contributed by atoms with E-state index in [0.717, 1.165) is 22.3 Å². The molecule has 176 valence electrons. The maximum absolute atomic E-state index is 13.2. The van der Waals surface area contributed by atoms with E-state index in [1.54, 1.807) is 0 Å². The van der Waals surface area contributed by atoms with Crippen LogP contribution in [0.4, 0.5) is 0 Å². The fourth-order valence-corrected chi connectivity index (χ4v) is 6.53. The lowest BCUT2D eigenvalue weighted by atomic mass is 9.53. The van der Waals surface area contributed by atoms with Crippen molar-refractivity contribution in [2.24, 2.45) is 11.3 Å². The van der Waals surface area contributed by atoms with Crippen LogP contribution in [0.3, 0.4) is 0 Å². The van der Waals surface area contributed by atoms with Gasteiger partial charge >= 0.3 is 5.97 Å². The molecule has 1 heterocycles. The van der Waals surface area contributed by atoms with E-state index in [1.165, 1.54) is 5.56 Å². The van der Waals surface area contributed by atoms with E-state index in [9.17, 15) is 15.0 Å². The number of nitrogens with zero attached hydrogens (tertiary/aromatic N) is 1. The van der Waals surface area contributed by atoms with E-state index < -0.39 is 22.9 Å². The Bertz CT molecular complexity index is 1180. The van der Waals surface area contributed by atoms with Gasteiger partial charge in [0.1, 0.15) is 0 Å². The van der Waals surface area contributed by atoms with Crippen LogP contribution in [0.15, 0.2) is 78.9 Å². The molecule has 0 amide bonds. The van der Waals surface area contributed by atoms with E-state index in [2.05, 4.69) is 36.9 Å². The first-order valence-electron chi connectivity index (χ1n) is 12.2. The van der Waals surface area contributed by atoms with Crippen molar-refractivity contribution < 1.29 is 15.0 Å². The van der Waals surface area contributed by atoms with Gasteiger partial charge in [0.05, 0.1) is 11.0 Å². The van der Waals surface area contributed by atoms with Crippen LogP contribution < -0.4 is 0 Å². The molecule has 2 N–H and O–H groups in total. The SMILES string of the molecule is Cc1ccc(C2(O)CCC(c3ccccc3)C3(C(=O)O)CN(Cc4ccccc4)CC23)cc1C. The summed E-state index contributed by atoms with van der Waals surface area (Å²) < 4.78 is 0. The van der Waals surface area contributed by atoms with Crippen LogP contribution in [0, 0.1) is 25.2 Å². The van der Waals surface area contributed by atoms with Gasteiger partial charge in [0.25, 0.3) is 0 Å². The second-order valence-electron chi connectivity index (χ2n) is 10.3. The molecule has 5 rings (SSSR count). The first kappa shape index (κ1) is 22.8. The van der Waals surface area contributed by atoms with Crippen molar-refractivity contribution in [2.75, 3.05) is 13.1 Å². The van der Waals surface area contributed by atoms with Gasteiger partial charge in [-0.15, -0.1) is 0 Å². The summed E-state index contributed by atoms with van der Waals surface area (Å²) in [4.78, 5) is 15.5. The van der Waals surface area contributed by atoms with Gasteiger partial charge in [-0.1, -0.05) is 78.9 Å². The predicted molar refractivity (Wildman–Crippen MR) is 134 cm³/mol. The van der Waals surface area contributed by atoms with E-state index in [4.69, 9.17) is 0 Å². The molecule has 4 unspecified atom stereocenters. The zero-order valence-electron chi connectivity index (χ0n) is 19.9. The summed E-state index contributed by atoms with van der Waals surface area (Å²) in [6.45, 7) is 5.77. The average Bonchev–Trinajstić information content (AvgIpc) is 3.24. The minimum absolute atomic E-state index is 0.149. The molecule has 4 atom stereocenters. The van der Waals surface area contributed by atoms with E-state index in [1.807, 2.05) is 60.7 Å². The van der Waals surface area contributed by atoms with Crippen molar-refractivity contribution in [1.29, 1.82) is 0 Å². The highest BCUT2D eigenvalue weighted by atomic mass is 16.4. The van der Waals surface area contributed by atoms with Crippen LogP contribution in [-0.4, -0.2) is 34.2 Å². The summed E-state index contributed by atoms with van der Waals surface area (Å²) in [5.41, 5.74) is 3.10. The van der Waals surface area contributed by atoms with Crippen LogP contribution in [0.1, 0.15) is 46.6 Å². The predicted octanol–water partition coefficient (Wildman–Crippen LogP) is 5.27. The second-order valence-corrected chi connectivity index (χ2v) is 10.3. The molecule has 1 saturated carbocycles. The molecule has 1 aliphatic carbocycles. The number of rotatable bonds is 5. The topological polar surface area (TPSA) is 60.8 Å². The molecule has 0 spiro atoms. The molecular formula is C30H33NO3. The minimum atomic E-state index is -1.19. The monoisotopic (exact) mass is 455 g/mol. The number of carboxylic acids is 1. The molecular weight excluding hydrogens is 422 g/mol. The van der Waals surface area contributed by atoms with Crippen molar-refractivity contribution in [2.45, 2.75) is 44.8 Å². The van der Waals surface area contributed by atoms with Gasteiger partial charge in [-0.2, -0.15) is 0 Å². The Balaban J connectivity index is 1.62. The molecule has 4 heteroatoms. The number of carboxylic acid groups (broad SMARTS) is 1. The van der Waals surface area contributed by atoms with Gasteiger partial charge in [-0.25, -0.2) is 0 Å². The summed E-state index contributed by atoms with van der Waals surface area (Å²) in [7, 11) is 0.